The van der Waals surface area contributed by atoms with Crippen molar-refractivity contribution in [3.63, 3.8) is 0 Å². The van der Waals surface area contributed by atoms with Crippen molar-refractivity contribution < 1.29 is 14.3 Å². The van der Waals surface area contributed by atoms with Crippen LogP contribution in [-0.2, 0) is 14.3 Å². The van der Waals surface area contributed by atoms with Gasteiger partial charge in [-0.1, -0.05) is 17.4 Å². The number of hydrogen-bond donors (Lipinski definition) is 1. The number of carbonyl (C=O) groups is 2. The Balaban J connectivity index is 1.54. The average Bonchev–Trinajstić information content (AvgIpc) is 3.20. The van der Waals surface area contributed by atoms with Crippen molar-refractivity contribution in [3.8, 4) is 0 Å². The summed E-state index contributed by atoms with van der Waals surface area (Å²) in [7, 11) is 5.47. The predicted molar refractivity (Wildman–Crippen MR) is 120 cm³/mol. The maximum atomic E-state index is 12.6. The van der Waals surface area contributed by atoms with Gasteiger partial charge in [0.1, 0.15) is 5.41 Å². The summed E-state index contributed by atoms with van der Waals surface area (Å²) in [5, 5.41) is 3.32. The van der Waals surface area contributed by atoms with E-state index in [9.17, 15) is 9.59 Å². The van der Waals surface area contributed by atoms with Crippen LogP contribution in [-0.4, -0.2) is 59.1 Å². The normalized spacial score (nSPS) is 15.7. The number of aromatic nitrogens is 3. The molecular weight excluding hydrogens is 414 g/mol. The highest BCUT2D eigenvalue weighted by Crippen LogP contribution is 2.48. The van der Waals surface area contributed by atoms with Gasteiger partial charge in [0, 0.05) is 12.4 Å². The Morgan fingerprint density at radius 3 is 2.81 bits per heavy atom. The maximum Gasteiger partial charge on any atom is 0.321 e. The molecule has 1 unspecified atom stereocenters. The van der Waals surface area contributed by atoms with Crippen LogP contribution in [0.3, 0.4) is 0 Å². The highest BCUT2D eigenvalue weighted by atomic mass is 32.1. The van der Waals surface area contributed by atoms with Crippen LogP contribution in [0.15, 0.2) is 36.9 Å². The molecule has 0 saturated heterocycles. The Kier molecular flexibility index (Phi) is 6.06. The number of esters is 1. The average molecular weight is 442 g/mol. The van der Waals surface area contributed by atoms with Crippen LogP contribution < -0.4 is 5.32 Å². The largest absolute Gasteiger partial charge is 0.468 e. The van der Waals surface area contributed by atoms with E-state index in [0.29, 0.717) is 18.0 Å². The number of nitrogens with one attached hydrogen (secondary N) is 1. The Morgan fingerprint density at radius 2 is 2.16 bits per heavy atom. The summed E-state index contributed by atoms with van der Waals surface area (Å²) in [6.45, 7) is 1.02. The molecule has 3 aromatic rings. The molecular formula is C22H27N5O3S. The number of ether oxygens (including phenoxy) is 1. The van der Waals surface area contributed by atoms with Crippen LogP contribution in [0.2, 0.25) is 0 Å². The first-order chi connectivity index (χ1) is 14.9. The lowest BCUT2D eigenvalue weighted by Gasteiger charge is -2.20. The molecule has 2 aromatic heterocycles. The summed E-state index contributed by atoms with van der Waals surface area (Å²) < 4.78 is 7.92. The molecule has 1 N–H and O–H groups in total. The molecule has 1 amide bonds. The SMILES string of the molecule is COC(=O)C1(C(=O)Nc2nc3ccc(C(CCCN(C)C)n4ccnc4)cc3s2)CC1. The van der Waals surface area contributed by atoms with Gasteiger partial charge in [0.05, 0.1) is 29.7 Å². The monoisotopic (exact) mass is 441 g/mol. The van der Waals surface area contributed by atoms with Gasteiger partial charge in [-0.05, 0) is 64.0 Å². The first-order valence-electron chi connectivity index (χ1n) is 10.4. The topological polar surface area (TPSA) is 89.4 Å². The number of rotatable bonds is 9. The number of fused-ring (bicyclic) bond motifs is 1. The van der Waals surface area contributed by atoms with E-state index >= 15 is 0 Å². The number of amides is 1. The van der Waals surface area contributed by atoms with Gasteiger partial charge >= 0.3 is 5.97 Å². The molecule has 1 atom stereocenters. The first kappa shape index (κ1) is 21.5. The number of carbonyl (C=O) groups excluding carboxylic acids is 2. The van der Waals surface area contributed by atoms with Gasteiger partial charge in [-0.15, -0.1) is 0 Å². The van der Waals surface area contributed by atoms with Crippen molar-refractivity contribution in [2.75, 3.05) is 33.1 Å². The molecule has 8 nitrogen and oxygen atoms in total. The second-order valence-corrected chi connectivity index (χ2v) is 9.28. The fourth-order valence-electron chi connectivity index (χ4n) is 3.81. The molecule has 164 valence electrons. The van der Waals surface area contributed by atoms with E-state index in [0.717, 1.165) is 29.6 Å². The molecule has 0 spiro atoms. The first-order valence-corrected chi connectivity index (χ1v) is 11.2. The number of benzene rings is 1. The van der Waals surface area contributed by atoms with Crippen molar-refractivity contribution >= 4 is 38.6 Å². The van der Waals surface area contributed by atoms with Crippen LogP contribution in [0.5, 0.6) is 0 Å². The van der Waals surface area contributed by atoms with Gasteiger partial charge in [-0.25, -0.2) is 9.97 Å². The lowest BCUT2D eigenvalue weighted by molar-refractivity contribution is -0.150. The van der Waals surface area contributed by atoms with E-state index in [1.807, 2.05) is 18.6 Å². The number of anilines is 1. The van der Waals surface area contributed by atoms with Crippen molar-refractivity contribution in [3.05, 3.63) is 42.5 Å². The van der Waals surface area contributed by atoms with E-state index in [1.54, 1.807) is 6.20 Å². The molecule has 1 aliphatic rings. The smallest absolute Gasteiger partial charge is 0.321 e. The third kappa shape index (κ3) is 4.47. The summed E-state index contributed by atoms with van der Waals surface area (Å²) in [6.07, 6.45) is 8.72. The van der Waals surface area contributed by atoms with E-state index in [1.165, 1.54) is 24.0 Å². The zero-order chi connectivity index (χ0) is 22.0. The minimum absolute atomic E-state index is 0.182. The molecule has 1 aromatic carbocycles. The van der Waals surface area contributed by atoms with E-state index in [2.05, 4.69) is 51.0 Å². The van der Waals surface area contributed by atoms with Crippen LogP contribution in [0, 0.1) is 5.41 Å². The number of hydrogen-bond acceptors (Lipinski definition) is 7. The van der Waals surface area contributed by atoms with Crippen molar-refractivity contribution in [2.24, 2.45) is 5.41 Å². The zero-order valence-electron chi connectivity index (χ0n) is 18.0. The minimum Gasteiger partial charge on any atom is -0.468 e. The summed E-state index contributed by atoms with van der Waals surface area (Å²) in [4.78, 5) is 35.5. The Bertz CT molecular complexity index is 1070. The molecule has 0 aliphatic heterocycles. The van der Waals surface area contributed by atoms with Crippen LogP contribution in [0.1, 0.15) is 37.3 Å². The number of methoxy groups -OCH3 is 1. The Labute approximate surface area is 185 Å². The fraction of sp³-hybridized carbons (Fsp3) is 0.455. The maximum absolute atomic E-state index is 12.6. The zero-order valence-corrected chi connectivity index (χ0v) is 18.8. The van der Waals surface area contributed by atoms with Gasteiger partial charge in [-0.2, -0.15) is 0 Å². The molecule has 31 heavy (non-hydrogen) atoms. The second kappa shape index (κ2) is 8.76. The van der Waals surface area contributed by atoms with Crippen molar-refractivity contribution in [1.29, 1.82) is 0 Å². The quantitative estimate of drug-likeness (QED) is 0.405. The highest BCUT2D eigenvalue weighted by molar-refractivity contribution is 7.22. The molecule has 0 bridgehead atoms. The molecule has 9 heteroatoms. The van der Waals surface area contributed by atoms with Crippen molar-refractivity contribution in [2.45, 2.75) is 31.7 Å². The summed E-state index contributed by atoms with van der Waals surface area (Å²) in [5.41, 5.74) is 0.958. The number of nitrogens with zero attached hydrogens (tertiary/aromatic N) is 4. The summed E-state index contributed by atoms with van der Waals surface area (Å²) in [6, 6.07) is 6.39. The molecule has 1 aliphatic carbocycles. The minimum atomic E-state index is -1.04. The molecule has 0 radical (unpaired) electrons. The molecule has 2 heterocycles. The third-order valence-electron chi connectivity index (χ3n) is 5.75. The van der Waals surface area contributed by atoms with E-state index in [4.69, 9.17) is 4.74 Å². The molecule has 1 fully saturated rings. The van der Waals surface area contributed by atoms with Crippen LogP contribution >= 0.6 is 11.3 Å². The highest BCUT2D eigenvalue weighted by Gasteiger charge is 2.58. The second-order valence-electron chi connectivity index (χ2n) is 8.25. The standard InChI is InChI=1S/C22H27N5O3S/c1-26(2)11-4-5-17(27-12-10-23-14-27)15-6-7-16-18(13-15)31-21(24-16)25-19(28)22(8-9-22)20(29)30-3/h6-7,10,12-14,17H,4-5,8-9,11H2,1-3H3,(H,24,25,28). The van der Waals surface area contributed by atoms with Gasteiger partial charge in [0.2, 0.25) is 5.91 Å². The lowest BCUT2D eigenvalue weighted by atomic mass is 10.0. The third-order valence-corrected chi connectivity index (χ3v) is 6.68. The van der Waals surface area contributed by atoms with E-state index in [-0.39, 0.29) is 11.9 Å². The predicted octanol–water partition coefficient (Wildman–Crippen LogP) is 3.32. The van der Waals surface area contributed by atoms with E-state index < -0.39 is 11.4 Å². The van der Waals surface area contributed by atoms with Gasteiger partial charge in [0.25, 0.3) is 0 Å². The summed E-state index contributed by atoms with van der Waals surface area (Å²) in [5.74, 6) is -0.812. The van der Waals surface area contributed by atoms with Crippen molar-refractivity contribution in [1.82, 2.24) is 19.4 Å². The number of thiazole rings is 1. The number of imidazole rings is 1. The van der Waals surface area contributed by atoms with Crippen LogP contribution in [0.4, 0.5) is 5.13 Å². The molecule has 4 rings (SSSR count). The summed E-state index contributed by atoms with van der Waals surface area (Å²) >= 11 is 1.42. The lowest BCUT2D eigenvalue weighted by Crippen LogP contribution is -2.32. The molecule has 1 saturated carbocycles. The Hall–Kier alpha value is -2.78. The Morgan fingerprint density at radius 1 is 1.35 bits per heavy atom. The van der Waals surface area contributed by atoms with Gasteiger partial charge in [0.15, 0.2) is 5.13 Å². The fourth-order valence-corrected chi connectivity index (χ4v) is 4.71. The van der Waals surface area contributed by atoms with Gasteiger partial charge in [-0.3, -0.25) is 9.59 Å². The van der Waals surface area contributed by atoms with Crippen LogP contribution in [0.25, 0.3) is 10.2 Å². The van der Waals surface area contributed by atoms with Gasteiger partial charge < -0.3 is 19.5 Å².